The lowest BCUT2D eigenvalue weighted by atomic mass is 9.91. The van der Waals surface area contributed by atoms with Gasteiger partial charge in [0.05, 0.1) is 48.6 Å². The summed E-state index contributed by atoms with van der Waals surface area (Å²) in [7, 11) is 5.07. The number of nitrogens with two attached hydrogens (primary N) is 1. The fourth-order valence-electron chi connectivity index (χ4n) is 4.84. The molecule has 0 amide bonds. The van der Waals surface area contributed by atoms with Crippen molar-refractivity contribution in [2.75, 3.05) is 32.7 Å². The van der Waals surface area contributed by atoms with E-state index in [4.69, 9.17) is 25.3 Å². The minimum Gasteiger partial charge on any atom is -0.495 e. The molecule has 1 aliphatic carbocycles. The number of anilines is 2. The first-order valence-corrected chi connectivity index (χ1v) is 13.1. The van der Waals surface area contributed by atoms with E-state index in [9.17, 15) is 9.90 Å². The number of methoxy groups -OCH3 is 2. The standard InChI is InChI=1S/C30H31N7O4/c1-37-28(19-6-4-18(5-7-19)22(15-31)16-32-12-13-40-2)26-24(36-37)11-9-21-17-33-30(35-27(21)26)34-23-10-8-20(29(38)39)14-25(23)41-3/h4-8,10,14-17H,9,11-13,31H2,1-3H3,(H,38,39)(H,33,34,35)/b22-15+,32-16?. The summed E-state index contributed by atoms with van der Waals surface area (Å²) in [5.74, 6) is -0.285. The molecule has 5 rings (SSSR count). The van der Waals surface area contributed by atoms with Crippen LogP contribution >= 0.6 is 0 Å². The van der Waals surface area contributed by atoms with Crippen LogP contribution in [0.1, 0.15) is 27.2 Å². The zero-order valence-electron chi connectivity index (χ0n) is 23.1. The Balaban J connectivity index is 1.48. The van der Waals surface area contributed by atoms with Gasteiger partial charge < -0.3 is 25.6 Å². The Bertz CT molecular complexity index is 1640. The number of hydrogen-bond acceptors (Lipinski definition) is 9. The third kappa shape index (κ3) is 5.66. The molecule has 0 saturated heterocycles. The molecule has 0 unspecified atom stereocenters. The van der Waals surface area contributed by atoms with Gasteiger partial charge in [-0.2, -0.15) is 5.10 Å². The summed E-state index contributed by atoms with van der Waals surface area (Å²) in [6.07, 6.45) is 6.69. The number of carbonyl (C=O) groups is 1. The largest absolute Gasteiger partial charge is 0.495 e. The van der Waals surface area contributed by atoms with Gasteiger partial charge in [-0.15, -0.1) is 0 Å². The van der Waals surface area contributed by atoms with Crippen LogP contribution in [0.5, 0.6) is 5.75 Å². The average molecular weight is 554 g/mol. The fraction of sp³-hybridized carbons (Fsp3) is 0.233. The molecule has 0 bridgehead atoms. The molecule has 210 valence electrons. The first kappa shape index (κ1) is 27.5. The Morgan fingerprint density at radius 1 is 1.17 bits per heavy atom. The number of benzene rings is 2. The Morgan fingerprint density at radius 2 is 1.95 bits per heavy atom. The van der Waals surface area contributed by atoms with Gasteiger partial charge in [-0.05, 0) is 42.2 Å². The van der Waals surface area contributed by atoms with Crippen molar-refractivity contribution in [2.45, 2.75) is 12.8 Å². The fourth-order valence-corrected chi connectivity index (χ4v) is 4.84. The van der Waals surface area contributed by atoms with E-state index in [-0.39, 0.29) is 5.56 Å². The molecule has 0 saturated carbocycles. The van der Waals surface area contributed by atoms with Crippen molar-refractivity contribution in [3.8, 4) is 28.3 Å². The van der Waals surface area contributed by atoms with Crippen molar-refractivity contribution in [1.29, 1.82) is 0 Å². The second kappa shape index (κ2) is 12.0. The molecule has 2 heterocycles. The zero-order valence-corrected chi connectivity index (χ0v) is 23.1. The van der Waals surface area contributed by atoms with E-state index in [1.165, 1.54) is 19.2 Å². The highest BCUT2D eigenvalue weighted by Gasteiger charge is 2.27. The first-order chi connectivity index (χ1) is 19.9. The average Bonchev–Trinajstić information content (AvgIpc) is 3.33. The summed E-state index contributed by atoms with van der Waals surface area (Å²) in [5, 5.41) is 17.3. The third-order valence-corrected chi connectivity index (χ3v) is 6.87. The minimum absolute atomic E-state index is 0.127. The van der Waals surface area contributed by atoms with Gasteiger partial charge in [0.25, 0.3) is 0 Å². The lowest BCUT2D eigenvalue weighted by molar-refractivity contribution is 0.0696. The Morgan fingerprint density at radius 3 is 2.66 bits per heavy atom. The predicted octanol–water partition coefficient (Wildman–Crippen LogP) is 4.11. The first-order valence-electron chi connectivity index (χ1n) is 13.1. The van der Waals surface area contributed by atoms with E-state index in [1.807, 2.05) is 42.2 Å². The summed E-state index contributed by atoms with van der Waals surface area (Å²) in [5.41, 5.74) is 14.1. The van der Waals surface area contributed by atoms with E-state index in [2.05, 4.69) is 15.3 Å². The van der Waals surface area contributed by atoms with Crippen molar-refractivity contribution in [1.82, 2.24) is 19.7 Å². The predicted molar refractivity (Wildman–Crippen MR) is 158 cm³/mol. The summed E-state index contributed by atoms with van der Waals surface area (Å²) in [6.45, 7) is 1.11. The van der Waals surface area contributed by atoms with Gasteiger partial charge in [0.2, 0.25) is 5.95 Å². The van der Waals surface area contributed by atoms with Crippen LogP contribution in [0.3, 0.4) is 0 Å². The highest BCUT2D eigenvalue weighted by molar-refractivity contribution is 6.09. The molecule has 11 nitrogen and oxygen atoms in total. The molecule has 11 heteroatoms. The van der Waals surface area contributed by atoms with E-state index in [0.29, 0.717) is 30.5 Å². The highest BCUT2D eigenvalue weighted by atomic mass is 16.5. The maximum Gasteiger partial charge on any atom is 0.335 e. The lowest BCUT2D eigenvalue weighted by Crippen LogP contribution is -2.09. The number of nitrogens with one attached hydrogen (secondary N) is 1. The van der Waals surface area contributed by atoms with Crippen LogP contribution in [0.4, 0.5) is 11.6 Å². The summed E-state index contributed by atoms with van der Waals surface area (Å²) < 4.78 is 12.3. The molecular formula is C30H31N7O4. The number of aryl methyl sites for hydroxylation is 3. The molecule has 0 aliphatic heterocycles. The zero-order chi connectivity index (χ0) is 28.9. The number of carboxylic acid groups (broad SMARTS) is 1. The van der Waals surface area contributed by atoms with Crippen molar-refractivity contribution >= 4 is 29.4 Å². The second-order valence-corrected chi connectivity index (χ2v) is 9.43. The molecule has 2 aromatic heterocycles. The summed E-state index contributed by atoms with van der Waals surface area (Å²) in [4.78, 5) is 25.2. The van der Waals surface area contributed by atoms with Gasteiger partial charge in [-0.25, -0.2) is 14.8 Å². The minimum atomic E-state index is -1.03. The monoisotopic (exact) mass is 553 g/mol. The van der Waals surface area contributed by atoms with Gasteiger partial charge >= 0.3 is 5.97 Å². The summed E-state index contributed by atoms with van der Waals surface area (Å²) in [6, 6.07) is 12.7. The Kier molecular flexibility index (Phi) is 8.06. The molecule has 0 fully saturated rings. The van der Waals surface area contributed by atoms with Crippen molar-refractivity contribution in [2.24, 2.45) is 17.8 Å². The number of aromatic carboxylic acids is 1. The smallest absolute Gasteiger partial charge is 0.335 e. The molecule has 0 atom stereocenters. The molecule has 0 spiro atoms. The number of nitrogens with zero attached hydrogens (tertiary/aromatic N) is 5. The maximum atomic E-state index is 11.4. The molecular weight excluding hydrogens is 522 g/mol. The Hall–Kier alpha value is -5.03. The van der Waals surface area contributed by atoms with Gasteiger partial charge in [-0.3, -0.25) is 9.67 Å². The van der Waals surface area contributed by atoms with Crippen LogP contribution in [0.15, 0.2) is 59.9 Å². The number of rotatable bonds is 10. The maximum absolute atomic E-state index is 11.4. The van der Waals surface area contributed by atoms with Crippen LogP contribution in [-0.2, 0) is 24.6 Å². The van der Waals surface area contributed by atoms with Gasteiger partial charge in [0.15, 0.2) is 0 Å². The number of allylic oxidation sites excluding steroid dienone is 1. The van der Waals surface area contributed by atoms with Crippen molar-refractivity contribution in [3.05, 3.63) is 77.2 Å². The van der Waals surface area contributed by atoms with Crippen molar-refractivity contribution < 1.29 is 19.4 Å². The van der Waals surface area contributed by atoms with E-state index in [1.54, 1.807) is 25.6 Å². The van der Waals surface area contributed by atoms with Crippen LogP contribution in [0, 0.1) is 0 Å². The van der Waals surface area contributed by atoms with E-state index >= 15 is 0 Å². The number of aromatic nitrogens is 4. The normalized spacial score (nSPS) is 12.7. The number of aliphatic imine (C=N–C) groups is 1. The van der Waals surface area contributed by atoms with Gasteiger partial charge in [0, 0.05) is 49.5 Å². The van der Waals surface area contributed by atoms with E-state index in [0.717, 1.165) is 57.8 Å². The van der Waals surface area contributed by atoms with Crippen LogP contribution < -0.4 is 15.8 Å². The summed E-state index contributed by atoms with van der Waals surface area (Å²) >= 11 is 0. The molecule has 41 heavy (non-hydrogen) atoms. The topological polar surface area (TPSA) is 150 Å². The molecule has 1 aliphatic rings. The molecule has 4 N–H and O–H groups in total. The molecule has 0 radical (unpaired) electrons. The SMILES string of the molecule is COCCN=C/C(=C\N)c1ccc(-c2c3c(nn2C)CCc2cnc(Nc4ccc(C(=O)O)cc4OC)nc2-3)cc1. The second-order valence-electron chi connectivity index (χ2n) is 9.43. The molecule has 2 aromatic carbocycles. The van der Waals surface area contributed by atoms with Crippen molar-refractivity contribution in [3.63, 3.8) is 0 Å². The number of carboxylic acids is 1. The number of fused-ring (bicyclic) bond motifs is 3. The molecule has 4 aromatic rings. The third-order valence-electron chi connectivity index (χ3n) is 6.87. The van der Waals surface area contributed by atoms with Crippen LogP contribution in [-0.4, -0.2) is 64.4 Å². The van der Waals surface area contributed by atoms with Crippen LogP contribution in [0.2, 0.25) is 0 Å². The number of hydrogen-bond donors (Lipinski definition) is 3. The lowest BCUT2D eigenvalue weighted by Gasteiger charge is -2.18. The van der Waals surface area contributed by atoms with E-state index < -0.39 is 5.97 Å². The highest BCUT2D eigenvalue weighted by Crippen LogP contribution is 2.40. The van der Waals surface area contributed by atoms with Gasteiger partial charge in [-0.1, -0.05) is 24.3 Å². The quantitative estimate of drug-likeness (QED) is 0.195. The number of ether oxygens (including phenoxy) is 2. The Labute approximate surface area is 237 Å². The van der Waals surface area contributed by atoms with Crippen LogP contribution in [0.25, 0.3) is 28.1 Å². The van der Waals surface area contributed by atoms with Gasteiger partial charge in [0.1, 0.15) is 5.75 Å².